The number of nitrogens with one attached hydrogen (secondary N) is 1. The minimum absolute atomic E-state index is 0.00805. The highest BCUT2D eigenvalue weighted by Gasteiger charge is 2.20. The maximum atomic E-state index is 12.4. The number of ether oxygens (including phenoxy) is 1. The third-order valence-electron chi connectivity index (χ3n) is 6.67. The summed E-state index contributed by atoms with van der Waals surface area (Å²) in [6.45, 7) is 6.92. The lowest BCUT2D eigenvalue weighted by Crippen LogP contribution is -2.28. The molecule has 6 nitrogen and oxygen atoms in total. The molecule has 0 saturated carbocycles. The minimum Gasteiger partial charge on any atom is -0.494 e. The predicted octanol–water partition coefficient (Wildman–Crippen LogP) is 6.59. The van der Waals surface area contributed by atoms with Crippen molar-refractivity contribution in [3.05, 3.63) is 95.1 Å². The van der Waals surface area contributed by atoms with Crippen LogP contribution >= 0.6 is 0 Å². The number of aliphatic imine (C=N–C) groups is 1. The second-order valence-electron chi connectivity index (χ2n) is 9.89. The summed E-state index contributed by atoms with van der Waals surface area (Å²) >= 11 is 0. The maximum Gasteiger partial charge on any atom is 0.338 e. The van der Waals surface area contributed by atoms with Gasteiger partial charge in [0.15, 0.2) is 5.88 Å². The highest BCUT2D eigenvalue weighted by molar-refractivity contribution is 6.22. The Morgan fingerprint density at radius 3 is 2.41 bits per heavy atom. The van der Waals surface area contributed by atoms with Gasteiger partial charge in [-0.25, -0.2) is 9.79 Å². The van der Waals surface area contributed by atoms with Crippen molar-refractivity contribution in [3.8, 4) is 5.88 Å². The summed E-state index contributed by atoms with van der Waals surface area (Å²) in [5.41, 5.74) is 5.31. The predicted molar refractivity (Wildman–Crippen MR) is 148 cm³/mol. The molecule has 37 heavy (non-hydrogen) atoms. The zero-order valence-electron chi connectivity index (χ0n) is 21.4. The van der Waals surface area contributed by atoms with Crippen LogP contribution in [-0.2, 0) is 11.3 Å². The molecule has 1 aliphatic heterocycles. The van der Waals surface area contributed by atoms with Gasteiger partial charge in [-0.15, -0.1) is 0 Å². The van der Waals surface area contributed by atoms with Gasteiger partial charge in [0.1, 0.15) is 0 Å². The summed E-state index contributed by atoms with van der Waals surface area (Å²) in [6, 6.07) is 23.4. The van der Waals surface area contributed by atoms with E-state index in [4.69, 9.17) is 9.73 Å². The zero-order valence-corrected chi connectivity index (χ0v) is 21.4. The summed E-state index contributed by atoms with van der Waals surface area (Å²) in [6.07, 6.45) is 3.67. The van der Waals surface area contributed by atoms with E-state index in [1.54, 1.807) is 12.1 Å². The van der Waals surface area contributed by atoms with Crippen molar-refractivity contribution in [2.45, 2.75) is 45.8 Å². The number of esters is 1. The molecule has 5 rings (SSSR count). The van der Waals surface area contributed by atoms with E-state index in [1.807, 2.05) is 62.4 Å². The number of nitrogens with zero attached hydrogens (tertiary/aromatic N) is 2. The SMILES string of the molecule is CC(C)OC(=O)c1ccc2c(C(=Nc3ccc(CN4CCCCC4)cc3)c3ccccc3)c(O)[nH]c2c1. The summed E-state index contributed by atoms with van der Waals surface area (Å²) < 4.78 is 5.33. The van der Waals surface area contributed by atoms with Crippen molar-refractivity contribution < 1.29 is 14.6 Å². The van der Waals surface area contributed by atoms with Gasteiger partial charge >= 0.3 is 5.97 Å². The first-order valence-electron chi connectivity index (χ1n) is 13.0. The fourth-order valence-electron chi connectivity index (χ4n) is 4.87. The van der Waals surface area contributed by atoms with Gasteiger partial charge in [-0.05, 0) is 69.6 Å². The molecule has 2 heterocycles. The molecule has 1 aliphatic rings. The summed E-state index contributed by atoms with van der Waals surface area (Å²) in [7, 11) is 0. The Kier molecular flexibility index (Phi) is 7.37. The van der Waals surface area contributed by atoms with E-state index in [0.717, 1.165) is 36.3 Å². The Morgan fingerprint density at radius 2 is 1.70 bits per heavy atom. The number of carbonyl (C=O) groups excluding carboxylic acids is 1. The molecule has 0 amide bonds. The number of H-pyrrole nitrogens is 1. The molecular weight excluding hydrogens is 462 g/mol. The fourth-order valence-corrected chi connectivity index (χ4v) is 4.87. The molecule has 4 aromatic rings. The minimum atomic E-state index is -0.394. The van der Waals surface area contributed by atoms with Crippen LogP contribution in [0.25, 0.3) is 10.9 Å². The van der Waals surface area contributed by atoms with E-state index < -0.39 is 5.97 Å². The van der Waals surface area contributed by atoms with Crippen LogP contribution in [-0.4, -0.2) is 45.9 Å². The molecule has 0 unspecified atom stereocenters. The number of hydrogen-bond donors (Lipinski definition) is 2. The van der Waals surface area contributed by atoms with E-state index in [9.17, 15) is 9.90 Å². The fraction of sp³-hybridized carbons (Fsp3) is 0.290. The maximum absolute atomic E-state index is 12.4. The van der Waals surface area contributed by atoms with Crippen LogP contribution in [0.15, 0.2) is 77.8 Å². The molecule has 0 radical (unpaired) electrons. The number of benzene rings is 3. The van der Waals surface area contributed by atoms with E-state index in [0.29, 0.717) is 22.4 Å². The van der Waals surface area contributed by atoms with E-state index >= 15 is 0 Å². The Hall–Kier alpha value is -3.90. The van der Waals surface area contributed by atoms with Crippen molar-refractivity contribution in [2.24, 2.45) is 4.99 Å². The molecule has 0 atom stereocenters. The monoisotopic (exact) mass is 495 g/mol. The summed E-state index contributed by atoms with van der Waals surface area (Å²) in [5.74, 6) is -0.386. The van der Waals surface area contributed by atoms with Crippen LogP contribution < -0.4 is 0 Å². The van der Waals surface area contributed by atoms with Crippen LogP contribution in [0.1, 0.15) is 60.2 Å². The first-order chi connectivity index (χ1) is 18.0. The molecule has 0 aliphatic carbocycles. The van der Waals surface area contributed by atoms with Crippen LogP contribution in [0.2, 0.25) is 0 Å². The molecule has 1 aromatic heterocycles. The topological polar surface area (TPSA) is 77.9 Å². The van der Waals surface area contributed by atoms with Gasteiger partial charge in [0.2, 0.25) is 0 Å². The smallest absolute Gasteiger partial charge is 0.338 e. The van der Waals surface area contributed by atoms with Gasteiger partial charge in [0.25, 0.3) is 0 Å². The number of aromatic nitrogens is 1. The Balaban J connectivity index is 1.51. The van der Waals surface area contributed by atoms with Crippen molar-refractivity contribution >= 4 is 28.3 Å². The van der Waals surface area contributed by atoms with E-state index in [2.05, 4.69) is 22.0 Å². The summed E-state index contributed by atoms with van der Waals surface area (Å²) in [5, 5.41) is 11.8. The average molecular weight is 496 g/mol. The first-order valence-corrected chi connectivity index (χ1v) is 13.0. The number of carbonyl (C=O) groups is 1. The van der Waals surface area contributed by atoms with Crippen molar-refractivity contribution in [1.29, 1.82) is 0 Å². The van der Waals surface area contributed by atoms with Crippen LogP contribution in [0, 0.1) is 0 Å². The Labute approximate surface area is 217 Å². The standard InChI is InChI=1S/C31H33N3O3/c1-21(2)37-31(36)24-13-16-26-27(19-24)33-30(35)28(26)29(23-9-5-3-6-10-23)32-25-14-11-22(12-15-25)20-34-17-7-4-8-18-34/h3,5-6,9-16,19,21,33,35H,4,7-8,17-18,20H2,1-2H3. The van der Waals surface area contributed by atoms with Gasteiger partial charge in [-0.2, -0.15) is 0 Å². The molecule has 0 bridgehead atoms. The van der Waals surface area contributed by atoms with Crippen molar-refractivity contribution in [1.82, 2.24) is 9.88 Å². The molecule has 2 N–H and O–H groups in total. The molecule has 1 saturated heterocycles. The third kappa shape index (κ3) is 5.75. The van der Waals surface area contributed by atoms with Crippen molar-refractivity contribution in [2.75, 3.05) is 13.1 Å². The van der Waals surface area contributed by atoms with Crippen LogP contribution in [0.4, 0.5) is 5.69 Å². The highest BCUT2D eigenvalue weighted by Crippen LogP contribution is 2.32. The normalized spacial score (nSPS) is 14.8. The quantitative estimate of drug-likeness (QED) is 0.224. The zero-order chi connectivity index (χ0) is 25.8. The van der Waals surface area contributed by atoms with Crippen molar-refractivity contribution in [3.63, 3.8) is 0 Å². The first kappa shape index (κ1) is 24.8. The van der Waals surface area contributed by atoms with Crippen LogP contribution in [0.3, 0.4) is 0 Å². The Morgan fingerprint density at radius 1 is 0.973 bits per heavy atom. The van der Waals surface area contributed by atoms with Gasteiger partial charge in [-0.3, -0.25) is 4.90 Å². The second-order valence-corrected chi connectivity index (χ2v) is 9.89. The van der Waals surface area contributed by atoms with E-state index in [-0.39, 0.29) is 12.0 Å². The lowest BCUT2D eigenvalue weighted by atomic mass is 10.00. The number of likely N-dealkylation sites (tertiary alicyclic amines) is 1. The molecule has 6 heteroatoms. The lowest BCUT2D eigenvalue weighted by molar-refractivity contribution is 0.0378. The number of rotatable bonds is 7. The largest absolute Gasteiger partial charge is 0.494 e. The molecular formula is C31H33N3O3. The molecule has 1 fully saturated rings. The molecule has 190 valence electrons. The number of aromatic hydroxyl groups is 1. The highest BCUT2D eigenvalue weighted by atomic mass is 16.5. The van der Waals surface area contributed by atoms with Gasteiger partial charge < -0.3 is 14.8 Å². The number of hydrogen-bond acceptors (Lipinski definition) is 5. The molecule has 3 aromatic carbocycles. The van der Waals surface area contributed by atoms with Crippen LogP contribution in [0.5, 0.6) is 5.88 Å². The molecule has 0 spiro atoms. The number of fused-ring (bicyclic) bond motifs is 1. The van der Waals surface area contributed by atoms with Gasteiger partial charge in [-0.1, -0.05) is 55.0 Å². The average Bonchev–Trinajstić information content (AvgIpc) is 3.23. The van der Waals surface area contributed by atoms with E-state index in [1.165, 1.54) is 24.8 Å². The van der Waals surface area contributed by atoms with Gasteiger partial charge in [0.05, 0.1) is 28.6 Å². The second kappa shape index (κ2) is 11.0. The van der Waals surface area contributed by atoms with Gasteiger partial charge in [0, 0.05) is 23.0 Å². The lowest BCUT2D eigenvalue weighted by Gasteiger charge is -2.26. The third-order valence-corrected chi connectivity index (χ3v) is 6.67. The number of piperidine rings is 1. The summed E-state index contributed by atoms with van der Waals surface area (Å²) in [4.78, 5) is 22.9. The Bertz CT molecular complexity index is 1400. The number of aromatic amines is 1.